The molecule has 0 saturated heterocycles. The molecule has 0 saturated carbocycles. The maximum atomic E-state index is 4.83. The zero-order valence-electron chi connectivity index (χ0n) is 12.8. The molecular formula is C16H22Cl2CrP2. The molecule has 116 valence electrons. The summed E-state index contributed by atoms with van der Waals surface area (Å²) in [6.07, 6.45) is 0. The molecule has 0 heterocycles. The Labute approximate surface area is 146 Å². The molecule has 0 bridgehead atoms. The fraction of sp³-hybridized carbons (Fsp3) is 0.250. The molecule has 2 rings (SSSR count). The number of halogens is 2. The predicted octanol–water partition coefficient (Wildman–Crippen LogP) is 5.48. The van der Waals surface area contributed by atoms with Crippen molar-refractivity contribution in [2.75, 3.05) is 26.7 Å². The van der Waals surface area contributed by atoms with Gasteiger partial charge in [0, 0.05) is 0 Å². The number of rotatable bonds is 2. The van der Waals surface area contributed by atoms with Gasteiger partial charge in [-0.05, 0) is 37.3 Å². The first-order chi connectivity index (χ1) is 10.0. The van der Waals surface area contributed by atoms with Crippen LogP contribution in [0.15, 0.2) is 60.7 Å². The molecule has 0 aliphatic carbocycles. The van der Waals surface area contributed by atoms with E-state index in [0.717, 1.165) is 0 Å². The Hall–Kier alpha value is 0.412. The van der Waals surface area contributed by atoms with Crippen LogP contribution in [0.5, 0.6) is 0 Å². The summed E-state index contributed by atoms with van der Waals surface area (Å²) < 4.78 is 0. The topological polar surface area (TPSA) is 0 Å². The zero-order valence-corrected chi connectivity index (χ0v) is 17.4. The van der Waals surface area contributed by atoms with Crippen molar-refractivity contribution in [1.82, 2.24) is 0 Å². The van der Waals surface area contributed by atoms with Gasteiger partial charge in [0.2, 0.25) is 0 Å². The monoisotopic (exact) mass is 398 g/mol. The van der Waals surface area contributed by atoms with Crippen molar-refractivity contribution in [3.8, 4) is 0 Å². The van der Waals surface area contributed by atoms with Crippen molar-refractivity contribution >= 4 is 46.6 Å². The normalized spacial score (nSPS) is 9.52. The third kappa shape index (κ3) is 11.6. The summed E-state index contributed by atoms with van der Waals surface area (Å²) in [6.45, 7) is 9.07. The van der Waals surface area contributed by atoms with Gasteiger partial charge in [0.15, 0.2) is 0 Å². The average molecular weight is 399 g/mol. The van der Waals surface area contributed by atoms with E-state index in [1.807, 2.05) is 0 Å². The van der Waals surface area contributed by atoms with E-state index in [2.05, 4.69) is 87.3 Å². The van der Waals surface area contributed by atoms with Crippen molar-refractivity contribution in [3.05, 3.63) is 60.7 Å². The van der Waals surface area contributed by atoms with Gasteiger partial charge in [-0.25, -0.2) is 0 Å². The van der Waals surface area contributed by atoms with Gasteiger partial charge in [-0.15, -0.1) is 0 Å². The second-order valence-electron chi connectivity index (χ2n) is 4.52. The van der Waals surface area contributed by atoms with Crippen molar-refractivity contribution in [2.45, 2.75) is 0 Å². The van der Waals surface area contributed by atoms with E-state index < -0.39 is 0 Å². The summed E-state index contributed by atoms with van der Waals surface area (Å²) >= 11 is -0.181. The zero-order chi connectivity index (χ0) is 16.1. The molecule has 2 aromatic rings. The Balaban J connectivity index is 0.000000322. The Morgan fingerprint density at radius 1 is 0.619 bits per heavy atom. The SMILES string of the molecule is CP(C)c1ccccc1.CP(C)c1ccccc1.[Cl][Cr][Cl]. The standard InChI is InChI=1S/2C8H11P.2ClH.Cr/c2*1-9(2)8-6-4-3-5-7-8;;;/h2*3-7H,1-2H3;2*1H;/q;;;;+2/p-2. The first-order valence-electron chi connectivity index (χ1n) is 6.37. The van der Waals surface area contributed by atoms with Crippen molar-refractivity contribution < 1.29 is 13.4 Å². The molecule has 21 heavy (non-hydrogen) atoms. The van der Waals surface area contributed by atoms with E-state index in [1.54, 1.807) is 0 Å². The van der Waals surface area contributed by atoms with Crippen molar-refractivity contribution in [2.24, 2.45) is 0 Å². The van der Waals surface area contributed by atoms with Gasteiger partial charge < -0.3 is 0 Å². The van der Waals surface area contributed by atoms with Crippen LogP contribution < -0.4 is 10.6 Å². The molecule has 0 amide bonds. The molecule has 0 N–H and O–H groups in total. The number of hydrogen-bond donors (Lipinski definition) is 0. The van der Waals surface area contributed by atoms with E-state index in [-0.39, 0.29) is 29.2 Å². The molecule has 0 unspecified atom stereocenters. The van der Waals surface area contributed by atoms with Gasteiger partial charge >= 0.3 is 33.5 Å². The molecule has 0 nitrogen and oxygen atoms in total. The molecule has 2 aromatic carbocycles. The summed E-state index contributed by atoms with van der Waals surface area (Å²) in [5.41, 5.74) is 0. The van der Waals surface area contributed by atoms with E-state index in [0.29, 0.717) is 0 Å². The van der Waals surface area contributed by atoms with Crippen LogP contribution in [0.2, 0.25) is 0 Å². The molecule has 0 aliphatic heterocycles. The Kier molecular flexibility index (Phi) is 14.3. The van der Waals surface area contributed by atoms with Crippen LogP contribution in [0.25, 0.3) is 0 Å². The fourth-order valence-corrected chi connectivity index (χ4v) is 2.99. The Morgan fingerprint density at radius 3 is 1.00 bits per heavy atom. The first-order valence-corrected chi connectivity index (χ1v) is 14.3. The third-order valence-corrected chi connectivity index (χ3v) is 5.21. The van der Waals surface area contributed by atoms with Crippen LogP contribution in [-0.4, -0.2) is 26.7 Å². The van der Waals surface area contributed by atoms with Gasteiger partial charge in [-0.1, -0.05) is 76.5 Å². The van der Waals surface area contributed by atoms with Crippen LogP contribution in [0.1, 0.15) is 0 Å². The van der Waals surface area contributed by atoms with Gasteiger partial charge in [-0.2, -0.15) is 0 Å². The van der Waals surface area contributed by atoms with Gasteiger partial charge in [0.05, 0.1) is 0 Å². The van der Waals surface area contributed by atoms with E-state index >= 15 is 0 Å². The Morgan fingerprint density at radius 2 is 0.857 bits per heavy atom. The predicted molar refractivity (Wildman–Crippen MR) is 101 cm³/mol. The molecule has 0 spiro atoms. The van der Waals surface area contributed by atoms with E-state index in [9.17, 15) is 0 Å². The fourth-order valence-electron chi connectivity index (χ4n) is 1.45. The van der Waals surface area contributed by atoms with Crippen molar-refractivity contribution in [3.63, 3.8) is 0 Å². The van der Waals surface area contributed by atoms with E-state index in [4.69, 9.17) is 20.1 Å². The summed E-state index contributed by atoms with van der Waals surface area (Å²) in [7, 11) is 9.86. The molecule has 0 atom stereocenters. The minimum absolute atomic E-state index is 0.104. The minimum atomic E-state index is -0.181. The van der Waals surface area contributed by atoms with Crippen LogP contribution in [0.3, 0.4) is 0 Å². The molecule has 0 radical (unpaired) electrons. The number of hydrogen-bond acceptors (Lipinski definition) is 0. The Bertz CT molecular complexity index is 407. The summed E-state index contributed by atoms with van der Waals surface area (Å²) in [6, 6.07) is 21.2. The molecule has 0 aliphatic rings. The third-order valence-electron chi connectivity index (χ3n) is 2.55. The van der Waals surface area contributed by atoms with Crippen molar-refractivity contribution in [1.29, 1.82) is 0 Å². The van der Waals surface area contributed by atoms with Gasteiger partial charge in [0.1, 0.15) is 0 Å². The maximum absolute atomic E-state index is 4.83. The van der Waals surface area contributed by atoms with Gasteiger partial charge in [-0.3, -0.25) is 0 Å². The van der Waals surface area contributed by atoms with Crippen LogP contribution in [-0.2, 0) is 13.4 Å². The number of benzene rings is 2. The van der Waals surface area contributed by atoms with E-state index in [1.165, 1.54) is 10.6 Å². The second kappa shape index (κ2) is 14.0. The molecule has 0 aromatic heterocycles. The molecular weight excluding hydrogens is 377 g/mol. The second-order valence-corrected chi connectivity index (χ2v) is 11.2. The summed E-state index contributed by atoms with van der Waals surface area (Å²) in [4.78, 5) is 0. The first kappa shape index (κ1) is 21.4. The summed E-state index contributed by atoms with van der Waals surface area (Å²) in [5.74, 6) is 0. The molecule has 0 fully saturated rings. The summed E-state index contributed by atoms with van der Waals surface area (Å²) in [5, 5.41) is 2.96. The van der Waals surface area contributed by atoms with Crippen LogP contribution >= 0.6 is 35.9 Å². The van der Waals surface area contributed by atoms with Crippen LogP contribution in [0.4, 0.5) is 0 Å². The van der Waals surface area contributed by atoms with Gasteiger partial charge in [0.25, 0.3) is 0 Å². The van der Waals surface area contributed by atoms with Crippen LogP contribution in [0, 0.1) is 0 Å². The quantitative estimate of drug-likeness (QED) is 0.587. The average Bonchev–Trinajstić information content (AvgIpc) is 2.50. The molecule has 5 heteroatoms.